The van der Waals surface area contributed by atoms with Crippen molar-refractivity contribution in [2.45, 2.75) is 42.7 Å². The number of rotatable bonds is 12. The molecular weight excluding hydrogens is 803 g/mol. The van der Waals surface area contributed by atoms with E-state index in [0.29, 0.717) is 51.3 Å². The number of hydrogen-bond donors (Lipinski definition) is 3. The van der Waals surface area contributed by atoms with E-state index in [4.69, 9.17) is 16.3 Å². The Hall–Kier alpha value is -5.44. The number of para-hydroxylation sites is 1. The average molecular weight is 845 g/mol. The van der Waals surface area contributed by atoms with Gasteiger partial charge in [0.05, 0.1) is 41.6 Å². The molecule has 0 bridgehead atoms. The molecule has 3 N–H and O–H groups in total. The maximum absolute atomic E-state index is 13.5. The van der Waals surface area contributed by atoms with Crippen molar-refractivity contribution < 1.29 is 33.3 Å². The van der Waals surface area contributed by atoms with Gasteiger partial charge in [-0.3, -0.25) is 34.2 Å². The molecule has 4 aromatic rings. The number of carbonyl (C=O) groups is 5. The molecule has 5 amide bonds. The molecule has 3 aliphatic heterocycles. The molecule has 3 aromatic carbocycles. The van der Waals surface area contributed by atoms with E-state index in [-0.39, 0.29) is 47.6 Å². The number of thioether (sulfide) groups is 1. The number of fused-ring (bicyclic) bond motifs is 1. The quantitative estimate of drug-likeness (QED) is 0.0925. The van der Waals surface area contributed by atoms with Crippen molar-refractivity contribution in [1.82, 2.24) is 25.1 Å². The summed E-state index contributed by atoms with van der Waals surface area (Å²) in [6.07, 6.45) is 3.05. The zero-order chi connectivity index (χ0) is 41.3. The number of nitrogens with zero attached hydrogens (tertiary/aromatic N) is 5. The normalized spacial score (nSPS) is 17.2. The number of imide groups is 2. The van der Waals surface area contributed by atoms with Crippen molar-refractivity contribution in [1.29, 1.82) is 0 Å². The molecule has 1 atom stereocenters. The average Bonchev–Trinajstić information content (AvgIpc) is 3.46. The second kappa shape index (κ2) is 16.8. The number of piperidine rings is 2. The summed E-state index contributed by atoms with van der Waals surface area (Å²) in [7, 11) is 0.789. The minimum Gasteiger partial charge on any atom is -0.494 e. The maximum Gasteiger partial charge on any atom is 0.263 e. The van der Waals surface area contributed by atoms with Gasteiger partial charge in [-0.1, -0.05) is 29.8 Å². The third-order valence-corrected chi connectivity index (χ3v) is 13.3. The summed E-state index contributed by atoms with van der Waals surface area (Å²) in [4.78, 5) is 78.6. The van der Waals surface area contributed by atoms with Gasteiger partial charge in [0.2, 0.25) is 23.7 Å². The van der Waals surface area contributed by atoms with Crippen LogP contribution in [-0.4, -0.2) is 108 Å². The Balaban J connectivity index is 0.949. The maximum atomic E-state index is 13.5. The number of hydrogen-bond acceptors (Lipinski definition) is 13. The molecule has 0 spiro atoms. The highest BCUT2D eigenvalue weighted by Gasteiger charge is 2.45. The summed E-state index contributed by atoms with van der Waals surface area (Å²) >= 11 is 7.64. The van der Waals surface area contributed by atoms with E-state index >= 15 is 0 Å². The standard InChI is InChI=1S/C40H42ClN8O7PS/c1-47(34(51)22-58-32-11-7-8-25-35(32)39(54)49(38(25)53)29-14-15-33(50)45-37(29)52)23-16-18-48(19-17-23)24-12-13-27(30(20-24)56-2)44-40-42-21-26(41)36(46-40)43-28-9-5-6-10-31(28)57(3,4)55/h5-13,20-21,23,29H,14-19,22H2,1-4H3,(H,45,50,52)(H2,42,43,44,46). The first kappa shape index (κ1) is 40.7. The van der Waals surface area contributed by atoms with E-state index in [1.807, 2.05) is 42.5 Å². The monoisotopic (exact) mass is 844 g/mol. The fourth-order valence-corrected chi connectivity index (χ4v) is 9.65. The Kier molecular flexibility index (Phi) is 11.8. The number of nitrogens with one attached hydrogen (secondary N) is 3. The number of anilines is 5. The summed E-state index contributed by atoms with van der Waals surface area (Å²) in [5.41, 5.74) is 2.60. The predicted octanol–water partition coefficient (Wildman–Crippen LogP) is 5.49. The van der Waals surface area contributed by atoms with Crippen LogP contribution in [0.15, 0.2) is 71.8 Å². The van der Waals surface area contributed by atoms with Gasteiger partial charge in [0.25, 0.3) is 11.8 Å². The Morgan fingerprint density at radius 2 is 1.76 bits per heavy atom. The van der Waals surface area contributed by atoms with E-state index in [2.05, 4.69) is 30.8 Å². The van der Waals surface area contributed by atoms with Crippen LogP contribution in [0.3, 0.4) is 0 Å². The first-order valence-corrected chi connectivity index (χ1v) is 22.6. The van der Waals surface area contributed by atoms with Crippen LogP contribution >= 0.6 is 30.5 Å². The molecule has 0 aliphatic carbocycles. The number of carbonyl (C=O) groups excluding carboxylic acids is 5. The number of methoxy groups -OCH3 is 1. The minimum atomic E-state index is -2.58. The second-order valence-corrected chi connectivity index (χ2v) is 19.1. The van der Waals surface area contributed by atoms with E-state index in [0.717, 1.165) is 23.4 Å². The molecule has 4 heterocycles. The SMILES string of the molecule is COc1cc(N2CCC(N(C)C(=O)CSc3cccc4c3C(=O)N(C3CCC(=O)NC3=O)C4=O)CC2)ccc1Nc1ncc(Cl)c(Nc2ccccc2P(C)(C)=O)n1. The topological polar surface area (TPSA) is 183 Å². The van der Waals surface area contributed by atoms with Crippen molar-refractivity contribution >= 4 is 94.2 Å². The molecule has 1 aromatic heterocycles. The lowest BCUT2D eigenvalue weighted by Crippen LogP contribution is -2.54. The van der Waals surface area contributed by atoms with Crippen molar-refractivity contribution in [2.24, 2.45) is 0 Å². The highest BCUT2D eigenvalue weighted by molar-refractivity contribution is 8.00. The Morgan fingerprint density at radius 1 is 1.00 bits per heavy atom. The molecule has 7 rings (SSSR count). The van der Waals surface area contributed by atoms with Crippen molar-refractivity contribution in [3.63, 3.8) is 0 Å². The molecule has 18 heteroatoms. The molecule has 0 saturated carbocycles. The van der Waals surface area contributed by atoms with Crippen LogP contribution in [0.5, 0.6) is 5.75 Å². The molecule has 2 fully saturated rings. The van der Waals surface area contributed by atoms with E-state index in [1.165, 1.54) is 24.0 Å². The van der Waals surface area contributed by atoms with Gasteiger partial charge in [0.15, 0.2) is 5.82 Å². The second-order valence-electron chi connectivity index (χ2n) is 14.5. The third-order valence-electron chi connectivity index (χ3n) is 10.5. The molecule has 302 valence electrons. The van der Waals surface area contributed by atoms with Crippen LogP contribution in [0.1, 0.15) is 46.4 Å². The summed E-state index contributed by atoms with van der Waals surface area (Å²) in [5.74, 6) is -1.14. The van der Waals surface area contributed by atoms with Crippen molar-refractivity contribution in [3.05, 3.63) is 83.0 Å². The van der Waals surface area contributed by atoms with Gasteiger partial charge in [0.1, 0.15) is 24.0 Å². The van der Waals surface area contributed by atoms with Crippen LogP contribution in [0.2, 0.25) is 5.02 Å². The smallest absolute Gasteiger partial charge is 0.263 e. The number of benzene rings is 3. The number of halogens is 1. The number of amides is 5. The Morgan fingerprint density at radius 3 is 2.48 bits per heavy atom. The summed E-state index contributed by atoms with van der Waals surface area (Å²) in [6, 6.07) is 17.0. The van der Waals surface area contributed by atoms with Gasteiger partial charge in [-0.15, -0.1) is 11.8 Å². The van der Waals surface area contributed by atoms with Crippen LogP contribution in [-0.2, 0) is 18.9 Å². The Bertz CT molecular complexity index is 2370. The number of aromatic nitrogens is 2. The lowest BCUT2D eigenvalue weighted by Gasteiger charge is -2.38. The van der Waals surface area contributed by atoms with Crippen LogP contribution in [0.25, 0.3) is 0 Å². The fourth-order valence-electron chi connectivity index (χ4n) is 7.35. The minimum absolute atomic E-state index is 0.00156. The van der Waals surface area contributed by atoms with Crippen molar-refractivity contribution in [3.8, 4) is 5.75 Å². The molecule has 0 radical (unpaired) electrons. The van der Waals surface area contributed by atoms with Crippen LogP contribution < -0.4 is 30.9 Å². The summed E-state index contributed by atoms with van der Waals surface area (Å²) in [5, 5.41) is 9.62. The summed E-state index contributed by atoms with van der Waals surface area (Å²) < 4.78 is 18.6. The molecule has 2 saturated heterocycles. The zero-order valence-corrected chi connectivity index (χ0v) is 34.7. The largest absolute Gasteiger partial charge is 0.494 e. The summed E-state index contributed by atoms with van der Waals surface area (Å²) in [6.45, 7) is 4.81. The van der Waals surface area contributed by atoms with Crippen molar-refractivity contribution in [2.75, 3.05) is 61.9 Å². The van der Waals surface area contributed by atoms with E-state index in [9.17, 15) is 28.5 Å². The first-order valence-electron chi connectivity index (χ1n) is 18.6. The molecule has 15 nitrogen and oxygen atoms in total. The highest BCUT2D eigenvalue weighted by atomic mass is 35.5. The zero-order valence-electron chi connectivity index (χ0n) is 32.3. The molecule has 3 aliphatic rings. The van der Waals surface area contributed by atoms with Gasteiger partial charge in [-0.2, -0.15) is 4.98 Å². The Labute approximate surface area is 344 Å². The van der Waals surface area contributed by atoms with Gasteiger partial charge in [-0.05, 0) is 69.0 Å². The van der Waals surface area contributed by atoms with Crippen LogP contribution in [0.4, 0.5) is 28.8 Å². The van der Waals surface area contributed by atoms with Gasteiger partial charge < -0.3 is 29.7 Å². The highest BCUT2D eigenvalue weighted by Crippen LogP contribution is 2.39. The predicted molar refractivity (Wildman–Crippen MR) is 224 cm³/mol. The lowest BCUT2D eigenvalue weighted by atomic mass is 10.0. The number of ether oxygens (including phenoxy) is 1. The third kappa shape index (κ3) is 8.40. The lowest BCUT2D eigenvalue weighted by molar-refractivity contribution is -0.136. The van der Waals surface area contributed by atoms with Crippen LogP contribution in [0, 0.1) is 0 Å². The van der Waals surface area contributed by atoms with Gasteiger partial charge >= 0.3 is 0 Å². The van der Waals surface area contributed by atoms with Gasteiger partial charge in [-0.25, -0.2) is 4.98 Å². The van der Waals surface area contributed by atoms with E-state index < -0.39 is 36.8 Å². The first-order chi connectivity index (χ1) is 27.7. The molecule has 1 unspecified atom stereocenters. The molecular formula is C40H42ClN8O7PS. The van der Waals surface area contributed by atoms with Gasteiger partial charge in [0, 0.05) is 54.6 Å². The van der Waals surface area contributed by atoms with E-state index in [1.54, 1.807) is 44.5 Å². The molecule has 58 heavy (non-hydrogen) atoms. The fraction of sp³-hybridized carbons (Fsp3) is 0.325.